The van der Waals surface area contributed by atoms with Crippen LogP contribution in [-0.4, -0.2) is 33.8 Å². The molecule has 1 atom stereocenters. The molecule has 0 fully saturated rings. The van der Waals surface area contributed by atoms with E-state index in [2.05, 4.69) is 20.2 Å². The van der Waals surface area contributed by atoms with Crippen LogP contribution >= 0.6 is 0 Å². The molecule has 176 valence electrons. The van der Waals surface area contributed by atoms with Crippen molar-refractivity contribution in [2.45, 2.75) is 43.9 Å². The van der Waals surface area contributed by atoms with Crippen molar-refractivity contribution in [3.8, 4) is 34.3 Å². The van der Waals surface area contributed by atoms with Crippen LogP contribution in [0.2, 0.25) is 0 Å². The average Bonchev–Trinajstić information content (AvgIpc) is 3.29. The number of sulfone groups is 1. The minimum absolute atomic E-state index is 0. The molecule has 8 nitrogen and oxygen atoms in total. The highest BCUT2D eigenvalue weighted by Gasteiger charge is 2.20. The molecule has 0 bridgehead atoms. The van der Waals surface area contributed by atoms with Crippen molar-refractivity contribution >= 4 is 9.84 Å². The first kappa shape index (κ1) is 22.8. The van der Waals surface area contributed by atoms with E-state index in [9.17, 15) is 8.42 Å². The van der Waals surface area contributed by atoms with Gasteiger partial charge in [-0.2, -0.15) is 0 Å². The molecule has 0 aliphatic heterocycles. The molecule has 1 unspecified atom stereocenters. The summed E-state index contributed by atoms with van der Waals surface area (Å²) in [5.41, 5.74) is 10.1. The Labute approximate surface area is 197 Å². The van der Waals surface area contributed by atoms with Crippen molar-refractivity contribution in [1.29, 1.82) is 0 Å². The van der Waals surface area contributed by atoms with Crippen molar-refractivity contribution in [3.63, 3.8) is 0 Å². The molecule has 2 aromatic heterocycles. The summed E-state index contributed by atoms with van der Waals surface area (Å²) in [5, 5.41) is 7.85. The van der Waals surface area contributed by atoms with Gasteiger partial charge in [-0.1, -0.05) is 24.3 Å². The highest BCUT2D eigenvalue weighted by atomic mass is 32.2. The smallest absolute Gasteiger partial charge is 0.268 e. The highest BCUT2D eigenvalue weighted by molar-refractivity contribution is 7.92. The summed E-state index contributed by atoms with van der Waals surface area (Å²) in [5.74, 6) is 0.615. The molecule has 4 aromatic rings. The molecule has 33 heavy (non-hydrogen) atoms. The van der Waals surface area contributed by atoms with Gasteiger partial charge < -0.3 is 10.2 Å². The first-order valence-corrected chi connectivity index (χ1v) is 12.1. The summed E-state index contributed by atoms with van der Waals surface area (Å²) in [6.45, 7) is 7.04. The lowest BCUT2D eigenvalue weighted by Gasteiger charge is -2.09. The number of nitrogens with two attached hydrogens (primary N) is 1. The molecule has 0 aliphatic rings. The Kier molecular flexibility index (Phi) is 6.09. The molecule has 2 aromatic carbocycles. The van der Waals surface area contributed by atoms with Crippen LogP contribution in [0.3, 0.4) is 0 Å². The zero-order valence-electron chi connectivity index (χ0n) is 18.9. The van der Waals surface area contributed by atoms with E-state index in [1.54, 1.807) is 44.3 Å². The predicted molar refractivity (Wildman–Crippen MR) is 132 cm³/mol. The number of hydrogen-bond acceptors (Lipinski definition) is 8. The minimum Gasteiger partial charge on any atom is -0.415 e. The van der Waals surface area contributed by atoms with Gasteiger partial charge in [0.25, 0.3) is 5.89 Å². The second kappa shape index (κ2) is 8.84. The summed E-state index contributed by atoms with van der Waals surface area (Å²) in [6.07, 6.45) is 1.63. The van der Waals surface area contributed by atoms with E-state index < -0.39 is 15.1 Å². The zero-order valence-corrected chi connectivity index (χ0v) is 19.7. The molecule has 0 saturated carbocycles. The second-order valence-electron chi connectivity index (χ2n) is 8.13. The van der Waals surface area contributed by atoms with Gasteiger partial charge in [0.2, 0.25) is 5.89 Å². The van der Waals surface area contributed by atoms with Crippen molar-refractivity contribution in [2.24, 2.45) is 5.73 Å². The van der Waals surface area contributed by atoms with Crippen LogP contribution < -0.4 is 5.73 Å². The summed E-state index contributed by atoms with van der Waals surface area (Å²) >= 11 is 0. The Balaban J connectivity index is 0.00000216. The van der Waals surface area contributed by atoms with E-state index in [-0.39, 0.29) is 21.1 Å². The molecule has 0 spiro atoms. The number of hydrogen-bond donors (Lipinski definition) is 1. The Bertz CT molecular complexity index is 1410. The lowest BCUT2D eigenvalue weighted by Crippen LogP contribution is -2.13. The van der Waals surface area contributed by atoms with Crippen LogP contribution in [-0.2, 0) is 9.84 Å². The normalized spacial score (nSPS) is 12.8. The maximum absolute atomic E-state index is 12.4. The second-order valence-corrected chi connectivity index (χ2v) is 10.6. The number of benzene rings is 2. The summed E-state index contributed by atoms with van der Waals surface area (Å²) < 4.78 is 30.7. The average molecular weight is 470 g/mol. The number of aromatic nitrogens is 4. The number of nitrogens with zero attached hydrogens (tertiary/aromatic N) is 4. The number of aryl methyl sites for hydroxylation is 1. The Morgan fingerprint density at radius 1 is 0.970 bits per heavy atom. The van der Waals surface area contributed by atoms with Gasteiger partial charge in [-0.05, 0) is 57.5 Å². The third kappa shape index (κ3) is 4.55. The van der Waals surface area contributed by atoms with Crippen LogP contribution in [0.1, 0.15) is 42.4 Å². The molecule has 0 aliphatic carbocycles. The maximum Gasteiger partial charge on any atom is 0.268 e. The zero-order chi connectivity index (χ0) is 23.8. The van der Waals surface area contributed by atoms with Crippen molar-refractivity contribution in [2.75, 3.05) is 0 Å². The third-order valence-corrected chi connectivity index (χ3v) is 7.51. The van der Waals surface area contributed by atoms with Gasteiger partial charge in [-0.3, -0.25) is 4.98 Å². The van der Waals surface area contributed by atoms with Gasteiger partial charge in [0, 0.05) is 21.4 Å². The first-order valence-electron chi connectivity index (χ1n) is 10.5. The van der Waals surface area contributed by atoms with Crippen molar-refractivity contribution < 1.29 is 17.1 Å². The SMILES string of the molecule is Cc1ncc(-c2ccc(S(=O)(=O)C(C)C)cc2)nc1-c1nnc(-c2cccc(C(C)N)c2)o1.[HH].[HH].[HH]. The lowest BCUT2D eigenvalue weighted by atomic mass is 10.1. The fourth-order valence-electron chi connectivity index (χ4n) is 3.27. The maximum atomic E-state index is 12.4. The molecule has 0 radical (unpaired) electrons. The van der Waals surface area contributed by atoms with Gasteiger partial charge in [0.05, 0.1) is 27.7 Å². The quantitative estimate of drug-likeness (QED) is 0.413. The van der Waals surface area contributed by atoms with Gasteiger partial charge >= 0.3 is 0 Å². The van der Waals surface area contributed by atoms with Crippen LogP contribution in [0, 0.1) is 6.92 Å². The van der Waals surface area contributed by atoms with Crippen LogP contribution in [0.25, 0.3) is 34.3 Å². The molecular weight excluding hydrogens is 438 g/mol. The topological polar surface area (TPSA) is 125 Å². The van der Waals surface area contributed by atoms with E-state index in [4.69, 9.17) is 10.2 Å². The van der Waals surface area contributed by atoms with E-state index >= 15 is 0 Å². The van der Waals surface area contributed by atoms with Crippen LogP contribution in [0.5, 0.6) is 0 Å². The molecule has 0 saturated heterocycles. The molecule has 4 rings (SSSR count). The fourth-order valence-corrected chi connectivity index (χ4v) is 4.33. The van der Waals surface area contributed by atoms with E-state index in [1.807, 2.05) is 38.1 Å². The molecule has 2 heterocycles. The number of rotatable bonds is 6. The lowest BCUT2D eigenvalue weighted by molar-refractivity contribution is 0.581. The molecule has 2 N–H and O–H groups in total. The van der Waals surface area contributed by atoms with Gasteiger partial charge in [0.15, 0.2) is 9.84 Å². The van der Waals surface area contributed by atoms with Gasteiger partial charge in [-0.15, -0.1) is 10.2 Å². The van der Waals surface area contributed by atoms with E-state index in [1.165, 1.54) is 0 Å². The Morgan fingerprint density at radius 2 is 1.67 bits per heavy atom. The first-order chi connectivity index (χ1) is 15.7. The summed E-state index contributed by atoms with van der Waals surface area (Å²) in [6, 6.07) is 14.1. The largest absolute Gasteiger partial charge is 0.415 e. The Hall–Kier alpha value is -3.43. The van der Waals surface area contributed by atoms with Crippen LogP contribution in [0.15, 0.2) is 64.0 Å². The van der Waals surface area contributed by atoms with Gasteiger partial charge in [-0.25, -0.2) is 13.4 Å². The molecule has 9 heteroatoms. The van der Waals surface area contributed by atoms with Crippen molar-refractivity contribution in [1.82, 2.24) is 20.2 Å². The summed E-state index contributed by atoms with van der Waals surface area (Å²) in [7, 11) is -3.34. The molecular formula is C24H31N5O3S. The van der Waals surface area contributed by atoms with E-state index in [0.29, 0.717) is 23.0 Å². The monoisotopic (exact) mass is 469 g/mol. The van der Waals surface area contributed by atoms with Gasteiger partial charge in [0.1, 0.15) is 5.69 Å². The van der Waals surface area contributed by atoms with Crippen molar-refractivity contribution in [3.05, 3.63) is 66.0 Å². The third-order valence-electron chi connectivity index (χ3n) is 5.34. The standard InChI is InChI=1S/C24H25N5O3S.3H2/c1-14(2)33(30,31)20-10-8-17(9-11-20)21-13-26-16(4)22(27-21)24-29-28-23(32-24)19-7-5-6-18(12-19)15(3)25;;;/h5-15H,25H2,1-4H3;3*1H. The van der Waals surface area contributed by atoms with E-state index in [0.717, 1.165) is 16.7 Å². The van der Waals surface area contributed by atoms with Crippen LogP contribution in [0.4, 0.5) is 0 Å². The minimum atomic E-state index is -3.34. The fraction of sp³-hybridized carbons (Fsp3) is 0.250. The Morgan fingerprint density at radius 3 is 2.33 bits per heavy atom. The predicted octanol–water partition coefficient (Wildman–Crippen LogP) is 5.11. The highest BCUT2D eigenvalue weighted by Crippen LogP contribution is 2.28. The molecule has 0 amide bonds. The summed E-state index contributed by atoms with van der Waals surface area (Å²) in [4.78, 5) is 9.36.